The van der Waals surface area contributed by atoms with Crippen LogP contribution in [0.4, 0.5) is 20.1 Å². The van der Waals surface area contributed by atoms with Gasteiger partial charge < -0.3 is 41.3 Å². The molecule has 36 heavy (non-hydrogen) atoms. The Bertz CT molecular complexity index is 840. The van der Waals surface area contributed by atoms with Crippen LogP contribution in [0.5, 0.6) is 0 Å². The number of aldehydes is 1. The standard InChI is InChI=1S/C17H27N5O5.C5H10N2O2/c1-17(2,3)27-15(24)20-10-9-19-14(23)21-22-16(25)26-11-12-5-7-13(18-4)8-6-12;1-4(6)5(9)7-2-3-8/h5-8,18H,9-11H2,1-4H3,(H,20,24)(H,22,25)(H2,19,21,23);3-4H,2,6H2,1H3,(H,7,9). The van der Waals surface area contributed by atoms with Gasteiger partial charge in [0.1, 0.15) is 18.5 Å². The highest BCUT2D eigenvalue weighted by Crippen LogP contribution is 2.09. The van der Waals surface area contributed by atoms with Crippen LogP contribution in [0.3, 0.4) is 0 Å². The lowest BCUT2D eigenvalue weighted by Gasteiger charge is -2.19. The number of hydrazine groups is 1. The van der Waals surface area contributed by atoms with Gasteiger partial charge in [-0.1, -0.05) is 12.1 Å². The molecule has 0 fully saturated rings. The summed E-state index contributed by atoms with van der Waals surface area (Å²) in [5.41, 5.74) is 10.6. The molecule has 0 aliphatic heterocycles. The topological polar surface area (TPSA) is 202 Å². The van der Waals surface area contributed by atoms with Crippen molar-refractivity contribution in [2.75, 3.05) is 32.0 Å². The number of hydrogen-bond donors (Lipinski definition) is 7. The zero-order valence-electron chi connectivity index (χ0n) is 21.2. The second-order valence-electron chi connectivity index (χ2n) is 8.16. The minimum Gasteiger partial charge on any atom is -0.444 e. The number of carbonyl (C=O) groups excluding carboxylic acids is 5. The van der Waals surface area contributed by atoms with E-state index in [4.69, 9.17) is 15.2 Å². The van der Waals surface area contributed by atoms with Crippen molar-refractivity contribution in [1.29, 1.82) is 0 Å². The molecule has 0 heterocycles. The molecule has 0 radical (unpaired) electrons. The molecule has 202 valence electrons. The Labute approximate surface area is 210 Å². The maximum atomic E-state index is 11.5. The van der Waals surface area contributed by atoms with Gasteiger partial charge in [-0.3, -0.25) is 4.79 Å². The number of carbonyl (C=O) groups is 5. The molecule has 0 aromatic heterocycles. The molecule has 5 amide bonds. The quantitative estimate of drug-likeness (QED) is 0.139. The van der Waals surface area contributed by atoms with Gasteiger partial charge in [-0.2, -0.15) is 0 Å². The number of urea groups is 1. The predicted octanol–water partition coefficient (Wildman–Crippen LogP) is 0.342. The normalized spacial score (nSPS) is 10.8. The summed E-state index contributed by atoms with van der Waals surface area (Å²) < 4.78 is 10.0. The van der Waals surface area contributed by atoms with Gasteiger partial charge in [0.25, 0.3) is 0 Å². The van der Waals surface area contributed by atoms with E-state index in [1.807, 2.05) is 31.3 Å². The molecule has 14 heteroatoms. The van der Waals surface area contributed by atoms with Crippen molar-refractivity contribution >= 4 is 36.1 Å². The van der Waals surface area contributed by atoms with Crippen molar-refractivity contribution < 1.29 is 33.4 Å². The van der Waals surface area contributed by atoms with E-state index >= 15 is 0 Å². The maximum absolute atomic E-state index is 11.5. The number of alkyl carbamates (subject to hydrolysis) is 1. The number of benzene rings is 1. The number of rotatable bonds is 9. The van der Waals surface area contributed by atoms with Crippen molar-refractivity contribution in [1.82, 2.24) is 26.8 Å². The van der Waals surface area contributed by atoms with E-state index in [2.05, 4.69) is 32.1 Å². The summed E-state index contributed by atoms with van der Waals surface area (Å²) in [6, 6.07) is 6.16. The second-order valence-corrected chi connectivity index (χ2v) is 8.16. The highest BCUT2D eigenvalue weighted by atomic mass is 16.6. The molecule has 1 unspecified atom stereocenters. The average Bonchev–Trinajstić information content (AvgIpc) is 2.82. The van der Waals surface area contributed by atoms with Gasteiger partial charge in [-0.25, -0.2) is 25.2 Å². The van der Waals surface area contributed by atoms with Crippen LogP contribution in [0.1, 0.15) is 33.3 Å². The van der Waals surface area contributed by atoms with Crippen molar-refractivity contribution in [3.63, 3.8) is 0 Å². The number of nitrogens with two attached hydrogens (primary N) is 1. The maximum Gasteiger partial charge on any atom is 0.426 e. The van der Waals surface area contributed by atoms with Gasteiger partial charge in [0.05, 0.1) is 12.6 Å². The fraction of sp³-hybridized carbons (Fsp3) is 0.500. The lowest BCUT2D eigenvalue weighted by molar-refractivity contribution is -0.123. The van der Waals surface area contributed by atoms with E-state index in [0.717, 1.165) is 11.3 Å². The molecule has 0 spiro atoms. The number of amides is 5. The predicted molar refractivity (Wildman–Crippen MR) is 133 cm³/mol. The Hall–Kier alpha value is -4.07. The number of ether oxygens (including phenoxy) is 2. The Morgan fingerprint density at radius 2 is 1.58 bits per heavy atom. The number of nitrogens with one attached hydrogen (secondary N) is 6. The van der Waals surface area contributed by atoms with Crippen LogP contribution in [0.2, 0.25) is 0 Å². The minimum absolute atomic E-state index is 0.0420. The van der Waals surface area contributed by atoms with Gasteiger partial charge in [0.15, 0.2) is 0 Å². The van der Waals surface area contributed by atoms with Crippen LogP contribution in [-0.2, 0) is 25.7 Å². The molecule has 1 atom stereocenters. The second kappa shape index (κ2) is 17.4. The van der Waals surface area contributed by atoms with E-state index in [0.29, 0.717) is 6.29 Å². The first-order chi connectivity index (χ1) is 16.9. The summed E-state index contributed by atoms with van der Waals surface area (Å²) in [7, 11) is 1.81. The molecule has 8 N–H and O–H groups in total. The molecule has 0 aliphatic carbocycles. The molecule has 0 aliphatic rings. The van der Waals surface area contributed by atoms with E-state index in [1.165, 1.54) is 0 Å². The number of hydrogen-bond acceptors (Lipinski definition) is 9. The van der Waals surface area contributed by atoms with Crippen LogP contribution in [-0.4, -0.2) is 68.7 Å². The van der Waals surface area contributed by atoms with E-state index < -0.39 is 29.9 Å². The average molecular weight is 512 g/mol. The lowest BCUT2D eigenvalue weighted by Crippen LogP contribution is -2.48. The fourth-order valence-corrected chi connectivity index (χ4v) is 2.06. The molecule has 0 saturated heterocycles. The summed E-state index contributed by atoms with van der Waals surface area (Å²) >= 11 is 0. The monoisotopic (exact) mass is 511 g/mol. The van der Waals surface area contributed by atoms with Crippen LogP contribution in [0, 0.1) is 0 Å². The Kier molecular flexibility index (Phi) is 15.4. The Morgan fingerprint density at radius 3 is 2.11 bits per heavy atom. The zero-order chi connectivity index (χ0) is 27.6. The fourth-order valence-electron chi connectivity index (χ4n) is 2.06. The van der Waals surface area contributed by atoms with Crippen molar-refractivity contribution in [2.24, 2.45) is 5.73 Å². The highest BCUT2D eigenvalue weighted by Gasteiger charge is 2.15. The molecule has 0 saturated carbocycles. The van der Waals surface area contributed by atoms with Crippen molar-refractivity contribution in [3.8, 4) is 0 Å². The van der Waals surface area contributed by atoms with Gasteiger partial charge in [-0.05, 0) is 45.4 Å². The van der Waals surface area contributed by atoms with E-state index in [9.17, 15) is 24.0 Å². The Morgan fingerprint density at radius 1 is 0.972 bits per heavy atom. The van der Waals surface area contributed by atoms with Gasteiger partial charge in [-0.15, -0.1) is 0 Å². The molecule has 0 bridgehead atoms. The molecule has 1 aromatic rings. The summed E-state index contributed by atoms with van der Waals surface area (Å²) in [5, 5.41) is 10.2. The highest BCUT2D eigenvalue weighted by molar-refractivity contribution is 5.82. The SMILES string of the molecule is CC(N)C(=O)NCC=O.CNc1ccc(COC(=O)NNC(=O)NCCNC(=O)OC(C)(C)C)cc1. The van der Waals surface area contributed by atoms with Crippen LogP contribution < -0.4 is 37.9 Å². The van der Waals surface area contributed by atoms with Crippen molar-refractivity contribution in [2.45, 2.75) is 45.9 Å². The van der Waals surface area contributed by atoms with Crippen LogP contribution in [0.15, 0.2) is 24.3 Å². The molecule has 1 aromatic carbocycles. The van der Waals surface area contributed by atoms with Gasteiger partial charge >= 0.3 is 18.2 Å². The molecular formula is C22H37N7O7. The van der Waals surface area contributed by atoms with Gasteiger partial charge in [0, 0.05) is 25.8 Å². The lowest BCUT2D eigenvalue weighted by atomic mass is 10.2. The first-order valence-corrected chi connectivity index (χ1v) is 11.0. The van der Waals surface area contributed by atoms with E-state index in [1.54, 1.807) is 27.7 Å². The summed E-state index contributed by atoms with van der Waals surface area (Å²) in [5.74, 6) is -0.304. The third kappa shape index (κ3) is 17.4. The van der Waals surface area contributed by atoms with Crippen LogP contribution >= 0.6 is 0 Å². The first-order valence-electron chi connectivity index (χ1n) is 11.0. The smallest absolute Gasteiger partial charge is 0.426 e. The minimum atomic E-state index is -0.797. The molecule has 14 nitrogen and oxygen atoms in total. The van der Waals surface area contributed by atoms with Crippen LogP contribution in [0.25, 0.3) is 0 Å². The first kappa shape index (κ1) is 31.9. The third-order valence-corrected chi connectivity index (χ3v) is 3.74. The largest absolute Gasteiger partial charge is 0.444 e. The summed E-state index contributed by atoms with van der Waals surface area (Å²) in [4.78, 5) is 54.6. The summed E-state index contributed by atoms with van der Waals surface area (Å²) in [6.07, 6.45) is -0.760. The Balaban J connectivity index is 0.00000115. The van der Waals surface area contributed by atoms with Crippen molar-refractivity contribution in [3.05, 3.63) is 29.8 Å². The van der Waals surface area contributed by atoms with E-state index in [-0.39, 0.29) is 32.1 Å². The molecular weight excluding hydrogens is 474 g/mol. The summed E-state index contributed by atoms with van der Waals surface area (Å²) in [6.45, 7) is 7.25. The molecule has 1 rings (SSSR count). The number of anilines is 1. The van der Waals surface area contributed by atoms with Gasteiger partial charge in [0.2, 0.25) is 5.91 Å². The zero-order valence-corrected chi connectivity index (χ0v) is 21.2. The third-order valence-electron chi connectivity index (χ3n) is 3.74.